The standard InChI is InChI=1S/C17H29BN2/c1-7-20-15-12-14(9-8-13(15)2)18-11-10-16(3,4)17(5,6)19/h7-9,12,18H,10-11,19H2,1-6H3/b20-7-. The summed E-state index contributed by atoms with van der Waals surface area (Å²) in [5.74, 6) is 0. The van der Waals surface area contributed by atoms with Crippen LogP contribution in [0.2, 0.25) is 6.32 Å². The van der Waals surface area contributed by atoms with Crippen molar-refractivity contribution in [2.75, 3.05) is 0 Å². The zero-order valence-electron chi connectivity index (χ0n) is 14.0. The third-order valence-corrected chi connectivity index (χ3v) is 4.55. The lowest BCUT2D eigenvalue weighted by atomic mass is 9.61. The predicted molar refractivity (Wildman–Crippen MR) is 93.3 cm³/mol. The zero-order valence-corrected chi connectivity index (χ0v) is 14.0. The van der Waals surface area contributed by atoms with Gasteiger partial charge in [0.15, 0.2) is 7.28 Å². The first-order valence-corrected chi connectivity index (χ1v) is 7.54. The van der Waals surface area contributed by atoms with Crippen LogP contribution in [0.25, 0.3) is 0 Å². The van der Waals surface area contributed by atoms with Crippen LogP contribution < -0.4 is 11.2 Å². The molecule has 0 bridgehead atoms. The first-order chi connectivity index (χ1) is 9.17. The van der Waals surface area contributed by atoms with Crippen molar-refractivity contribution in [1.82, 2.24) is 0 Å². The van der Waals surface area contributed by atoms with E-state index in [0.717, 1.165) is 25.7 Å². The van der Waals surface area contributed by atoms with Crippen LogP contribution in [0.5, 0.6) is 0 Å². The lowest BCUT2D eigenvalue weighted by molar-refractivity contribution is 0.194. The Morgan fingerprint density at radius 3 is 2.45 bits per heavy atom. The highest BCUT2D eigenvalue weighted by atomic mass is 14.7. The van der Waals surface area contributed by atoms with Gasteiger partial charge in [0, 0.05) is 11.8 Å². The molecule has 0 spiro atoms. The van der Waals surface area contributed by atoms with E-state index in [0.29, 0.717) is 0 Å². The molecule has 2 nitrogen and oxygen atoms in total. The second-order valence-corrected chi connectivity index (χ2v) is 6.97. The highest BCUT2D eigenvalue weighted by Crippen LogP contribution is 2.33. The zero-order chi connectivity index (χ0) is 15.4. The number of rotatable bonds is 6. The van der Waals surface area contributed by atoms with Gasteiger partial charge in [0.2, 0.25) is 0 Å². The van der Waals surface area contributed by atoms with Gasteiger partial charge in [0.1, 0.15) is 0 Å². The minimum Gasteiger partial charge on any atom is -0.325 e. The fraction of sp³-hybridized carbons (Fsp3) is 0.588. The summed E-state index contributed by atoms with van der Waals surface area (Å²) in [5.41, 5.74) is 9.95. The van der Waals surface area contributed by atoms with E-state index in [-0.39, 0.29) is 11.0 Å². The van der Waals surface area contributed by atoms with E-state index in [1.54, 1.807) is 0 Å². The molecule has 0 aliphatic heterocycles. The molecule has 1 aromatic carbocycles. The van der Waals surface area contributed by atoms with E-state index in [1.165, 1.54) is 11.0 Å². The quantitative estimate of drug-likeness (QED) is 0.626. The van der Waals surface area contributed by atoms with Crippen LogP contribution in [0.15, 0.2) is 23.2 Å². The van der Waals surface area contributed by atoms with Crippen LogP contribution in [0, 0.1) is 12.3 Å². The molecule has 0 saturated carbocycles. The summed E-state index contributed by atoms with van der Waals surface area (Å²) < 4.78 is 0. The third kappa shape index (κ3) is 4.48. The van der Waals surface area contributed by atoms with Crippen molar-refractivity contribution in [1.29, 1.82) is 0 Å². The third-order valence-electron chi connectivity index (χ3n) is 4.55. The molecule has 0 fully saturated rings. The Morgan fingerprint density at radius 1 is 1.25 bits per heavy atom. The van der Waals surface area contributed by atoms with Gasteiger partial charge in [-0.15, -0.1) is 0 Å². The molecule has 0 aliphatic rings. The van der Waals surface area contributed by atoms with Gasteiger partial charge in [-0.2, -0.15) is 0 Å². The first kappa shape index (κ1) is 17.0. The fourth-order valence-corrected chi connectivity index (χ4v) is 2.15. The van der Waals surface area contributed by atoms with Gasteiger partial charge in [-0.25, -0.2) is 0 Å². The van der Waals surface area contributed by atoms with Crippen LogP contribution in [0.4, 0.5) is 5.69 Å². The average Bonchev–Trinajstić information content (AvgIpc) is 2.32. The minimum absolute atomic E-state index is 0.141. The van der Waals surface area contributed by atoms with Crippen molar-refractivity contribution in [3.8, 4) is 0 Å². The molecule has 0 atom stereocenters. The molecule has 0 unspecified atom stereocenters. The summed E-state index contributed by atoms with van der Waals surface area (Å²) in [6.07, 6.45) is 4.15. The van der Waals surface area contributed by atoms with Gasteiger partial charge in [0.25, 0.3) is 0 Å². The first-order valence-electron chi connectivity index (χ1n) is 7.54. The van der Waals surface area contributed by atoms with Gasteiger partial charge < -0.3 is 5.73 Å². The average molecular weight is 272 g/mol. The molecule has 0 amide bonds. The maximum absolute atomic E-state index is 6.26. The number of hydrogen-bond acceptors (Lipinski definition) is 2. The van der Waals surface area contributed by atoms with Gasteiger partial charge >= 0.3 is 0 Å². The van der Waals surface area contributed by atoms with Crippen molar-refractivity contribution in [2.45, 2.75) is 59.8 Å². The summed E-state index contributed by atoms with van der Waals surface area (Å²) in [4.78, 5) is 4.42. The molecule has 0 saturated heterocycles. The lowest BCUT2D eigenvalue weighted by Crippen LogP contribution is -2.47. The number of nitrogens with two attached hydrogens (primary N) is 1. The number of benzene rings is 1. The monoisotopic (exact) mass is 272 g/mol. The smallest absolute Gasteiger partial charge is 0.157 e. The number of aliphatic imine (C=N–C) groups is 1. The van der Waals surface area contributed by atoms with Crippen LogP contribution >= 0.6 is 0 Å². The Bertz CT molecular complexity index is 470. The van der Waals surface area contributed by atoms with Gasteiger partial charge in [0.05, 0.1) is 5.69 Å². The van der Waals surface area contributed by atoms with Gasteiger partial charge in [-0.05, 0) is 44.7 Å². The molecule has 1 aromatic rings. The fourth-order valence-electron chi connectivity index (χ4n) is 2.15. The molecule has 110 valence electrons. The van der Waals surface area contributed by atoms with E-state index in [2.05, 4.69) is 57.8 Å². The van der Waals surface area contributed by atoms with Crippen LogP contribution in [-0.4, -0.2) is 19.0 Å². The Labute approximate surface area is 125 Å². The second-order valence-electron chi connectivity index (χ2n) is 6.97. The lowest BCUT2D eigenvalue weighted by Gasteiger charge is -2.38. The van der Waals surface area contributed by atoms with Gasteiger partial charge in [-0.3, -0.25) is 4.99 Å². The molecular formula is C17H29BN2. The Morgan fingerprint density at radius 2 is 1.90 bits per heavy atom. The van der Waals surface area contributed by atoms with E-state index >= 15 is 0 Å². The minimum atomic E-state index is -0.141. The Balaban J connectivity index is 2.65. The SMILES string of the molecule is C/C=N\c1cc(BCCC(C)(C)C(C)(C)N)ccc1C. The highest BCUT2D eigenvalue weighted by Gasteiger charge is 2.32. The van der Waals surface area contributed by atoms with Crippen molar-refractivity contribution in [3.63, 3.8) is 0 Å². The molecule has 3 heteroatoms. The Kier molecular flexibility index (Phi) is 5.58. The summed E-state index contributed by atoms with van der Waals surface area (Å²) in [6.45, 7) is 12.8. The predicted octanol–water partition coefficient (Wildman–Crippen LogP) is 3.35. The van der Waals surface area contributed by atoms with Gasteiger partial charge in [-0.1, -0.05) is 44.2 Å². The maximum Gasteiger partial charge on any atom is 0.157 e. The molecule has 20 heavy (non-hydrogen) atoms. The van der Waals surface area contributed by atoms with E-state index in [1.807, 2.05) is 13.1 Å². The molecule has 1 rings (SSSR count). The van der Waals surface area contributed by atoms with Crippen LogP contribution in [-0.2, 0) is 0 Å². The van der Waals surface area contributed by atoms with Crippen LogP contribution in [0.3, 0.4) is 0 Å². The Hall–Kier alpha value is -1.09. The van der Waals surface area contributed by atoms with Crippen molar-refractivity contribution >= 4 is 24.6 Å². The van der Waals surface area contributed by atoms with Crippen molar-refractivity contribution in [2.24, 2.45) is 16.1 Å². The van der Waals surface area contributed by atoms with E-state index in [4.69, 9.17) is 5.73 Å². The molecular weight excluding hydrogens is 243 g/mol. The van der Waals surface area contributed by atoms with Crippen LogP contribution in [0.1, 0.15) is 46.6 Å². The number of aryl methyl sites for hydroxylation is 1. The summed E-state index contributed by atoms with van der Waals surface area (Å²) in [6, 6.07) is 6.58. The highest BCUT2D eigenvalue weighted by molar-refractivity contribution is 6.53. The van der Waals surface area contributed by atoms with Crippen molar-refractivity contribution in [3.05, 3.63) is 23.8 Å². The summed E-state index contributed by atoms with van der Waals surface area (Å²) >= 11 is 0. The van der Waals surface area contributed by atoms with E-state index < -0.39 is 0 Å². The molecule has 0 heterocycles. The summed E-state index contributed by atoms with van der Waals surface area (Å²) in [5, 5.41) is 0. The number of nitrogens with zero attached hydrogens (tertiary/aromatic N) is 1. The maximum atomic E-state index is 6.26. The molecule has 0 radical (unpaired) electrons. The van der Waals surface area contributed by atoms with Crippen molar-refractivity contribution < 1.29 is 0 Å². The molecule has 0 aromatic heterocycles. The topological polar surface area (TPSA) is 38.4 Å². The largest absolute Gasteiger partial charge is 0.325 e. The summed E-state index contributed by atoms with van der Waals surface area (Å²) in [7, 11) is 1.09. The number of hydrogen-bond donors (Lipinski definition) is 1. The second kappa shape index (κ2) is 6.58. The molecule has 2 N–H and O–H groups in total. The molecule has 0 aliphatic carbocycles. The normalized spacial score (nSPS) is 12.9. The van der Waals surface area contributed by atoms with E-state index in [9.17, 15) is 0 Å².